The molecule has 10 heteroatoms. The monoisotopic (exact) mass is 424 g/mol. The molecule has 160 valence electrons. The second kappa shape index (κ2) is 9.77. The van der Waals surface area contributed by atoms with Gasteiger partial charge in [-0.15, -0.1) is 0 Å². The van der Waals surface area contributed by atoms with Crippen molar-refractivity contribution < 1.29 is 22.7 Å². The Bertz CT molecular complexity index is 814. The van der Waals surface area contributed by atoms with E-state index < -0.39 is 10.2 Å². The third kappa shape index (κ3) is 5.83. The number of rotatable bonds is 7. The van der Waals surface area contributed by atoms with Crippen LogP contribution in [0.1, 0.15) is 23.7 Å². The molecule has 3 rings (SSSR count). The van der Waals surface area contributed by atoms with E-state index in [1.54, 1.807) is 24.3 Å². The lowest BCUT2D eigenvalue weighted by atomic mass is 10.1. The molecule has 2 saturated heterocycles. The van der Waals surface area contributed by atoms with Crippen molar-refractivity contribution in [3.63, 3.8) is 0 Å². The Kier molecular flexibility index (Phi) is 7.36. The van der Waals surface area contributed by atoms with Gasteiger partial charge in [0.25, 0.3) is 10.2 Å². The number of ether oxygens (including phenoxy) is 1. The molecule has 0 bridgehead atoms. The topological polar surface area (TPSA) is 99.3 Å². The van der Waals surface area contributed by atoms with Gasteiger partial charge in [0.2, 0.25) is 5.91 Å². The van der Waals surface area contributed by atoms with Crippen LogP contribution in [0.4, 0.5) is 5.69 Å². The number of hydrogen-bond acceptors (Lipinski definition) is 6. The molecule has 0 aliphatic carbocycles. The molecule has 1 N–H and O–H groups in total. The van der Waals surface area contributed by atoms with E-state index in [2.05, 4.69) is 10.2 Å². The molecule has 0 atom stereocenters. The van der Waals surface area contributed by atoms with Crippen molar-refractivity contribution in [3.8, 4) is 0 Å². The molecule has 2 fully saturated rings. The fourth-order valence-corrected chi connectivity index (χ4v) is 4.96. The van der Waals surface area contributed by atoms with Crippen LogP contribution in [-0.4, -0.2) is 92.6 Å². The Hall–Kier alpha value is -1.85. The van der Waals surface area contributed by atoms with Crippen molar-refractivity contribution >= 4 is 27.6 Å². The van der Waals surface area contributed by atoms with Crippen LogP contribution < -0.4 is 5.32 Å². The van der Waals surface area contributed by atoms with Crippen molar-refractivity contribution in [1.82, 2.24) is 13.5 Å². The van der Waals surface area contributed by atoms with Gasteiger partial charge in [0.05, 0.1) is 13.2 Å². The van der Waals surface area contributed by atoms with Crippen LogP contribution in [0.25, 0.3) is 0 Å². The zero-order chi connectivity index (χ0) is 20.9. The number of ketones is 1. The first-order valence-corrected chi connectivity index (χ1v) is 11.2. The van der Waals surface area contributed by atoms with E-state index in [1.807, 2.05) is 0 Å². The van der Waals surface area contributed by atoms with Gasteiger partial charge >= 0.3 is 0 Å². The van der Waals surface area contributed by atoms with Gasteiger partial charge in [0, 0.05) is 63.5 Å². The number of carbonyl (C=O) groups excluding carboxylic acids is 2. The fourth-order valence-electron chi connectivity index (χ4n) is 3.40. The minimum absolute atomic E-state index is 0.0161. The standard InChI is InChI=1S/C19H28N4O5S/c1-16(24)17-2-4-18(5-3-17)20-19(25)6-7-21-8-10-22(11-9-21)29(26,27)23-12-14-28-15-13-23/h2-5H,6-15H2,1H3,(H,20,25). The largest absolute Gasteiger partial charge is 0.379 e. The molecule has 29 heavy (non-hydrogen) atoms. The highest BCUT2D eigenvalue weighted by atomic mass is 32.2. The number of carbonyl (C=O) groups is 2. The second-order valence-electron chi connectivity index (χ2n) is 7.19. The summed E-state index contributed by atoms with van der Waals surface area (Å²) in [6.07, 6.45) is 0.324. The first-order chi connectivity index (χ1) is 13.9. The molecule has 0 radical (unpaired) electrons. The number of benzene rings is 1. The molecule has 0 unspecified atom stereocenters. The van der Waals surface area contributed by atoms with Crippen LogP contribution in [-0.2, 0) is 19.7 Å². The average Bonchev–Trinajstić information content (AvgIpc) is 2.73. The SMILES string of the molecule is CC(=O)c1ccc(NC(=O)CCN2CCN(S(=O)(=O)N3CCOCC3)CC2)cc1. The maximum Gasteiger partial charge on any atom is 0.282 e. The summed E-state index contributed by atoms with van der Waals surface area (Å²) in [5.74, 6) is -0.124. The summed E-state index contributed by atoms with van der Waals surface area (Å²) in [7, 11) is -3.43. The zero-order valence-electron chi connectivity index (χ0n) is 16.7. The van der Waals surface area contributed by atoms with E-state index in [1.165, 1.54) is 15.5 Å². The number of nitrogens with one attached hydrogen (secondary N) is 1. The number of morpholine rings is 1. The number of Topliss-reactive ketones (excluding diaryl/α,β-unsaturated/α-hetero) is 1. The number of hydrogen-bond donors (Lipinski definition) is 1. The van der Waals surface area contributed by atoms with Gasteiger partial charge in [-0.3, -0.25) is 9.59 Å². The highest BCUT2D eigenvalue weighted by molar-refractivity contribution is 7.86. The van der Waals surface area contributed by atoms with Gasteiger partial charge in [0.15, 0.2) is 5.78 Å². The van der Waals surface area contributed by atoms with Crippen molar-refractivity contribution in [2.24, 2.45) is 0 Å². The molecule has 1 amide bonds. The van der Waals surface area contributed by atoms with E-state index >= 15 is 0 Å². The fraction of sp³-hybridized carbons (Fsp3) is 0.579. The summed E-state index contributed by atoms with van der Waals surface area (Å²) in [5.41, 5.74) is 1.26. The van der Waals surface area contributed by atoms with Gasteiger partial charge in [0.1, 0.15) is 0 Å². The van der Waals surface area contributed by atoms with Gasteiger partial charge < -0.3 is 15.0 Å². The quantitative estimate of drug-likeness (QED) is 0.637. The molecular weight excluding hydrogens is 396 g/mol. The Labute approximate surface area is 171 Å². The van der Waals surface area contributed by atoms with E-state index in [0.717, 1.165) is 0 Å². The normalized spacial score (nSPS) is 19.8. The molecule has 2 aliphatic heterocycles. The van der Waals surface area contributed by atoms with Crippen molar-refractivity contribution in [2.75, 3.05) is 64.3 Å². The predicted octanol–water partition coefficient (Wildman–Crippen LogP) is 0.412. The molecule has 0 aromatic heterocycles. The first-order valence-electron chi connectivity index (χ1n) is 9.82. The maximum atomic E-state index is 12.7. The van der Waals surface area contributed by atoms with Crippen LogP contribution in [0.2, 0.25) is 0 Å². The third-order valence-corrected chi connectivity index (χ3v) is 7.22. The molecular formula is C19H28N4O5S. The lowest BCUT2D eigenvalue weighted by Gasteiger charge is -2.37. The molecule has 1 aromatic carbocycles. The third-order valence-electron chi connectivity index (χ3n) is 5.18. The number of piperazine rings is 1. The summed E-state index contributed by atoms with van der Waals surface area (Å²) >= 11 is 0. The molecule has 0 saturated carbocycles. The molecule has 0 spiro atoms. The van der Waals surface area contributed by atoms with E-state index in [0.29, 0.717) is 76.7 Å². The minimum atomic E-state index is -3.43. The highest BCUT2D eigenvalue weighted by Crippen LogP contribution is 2.15. The summed E-state index contributed by atoms with van der Waals surface area (Å²) in [4.78, 5) is 25.6. The molecule has 9 nitrogen and oxygen atoms in total. The number of anilines is 1. The highest BCUT2D eigenvalue weighted by Gasteiger charge is 2.33. The maximum absolute atomic E-state index is 12.7. The van der Waals surface area contributed by atoms with E-state index in [4.69, 9.17) is 4.74 Å². The van der Waals surface area contributed by atoms with Crippen LogP contribution in [0.3, 0.4) is 0 Å². The lowest BCUT2D eigenvalue weighted by molar-refractivity contribution is -0.116. The Morgan fingerprint density at radius 1 is 0.966 bits per heavy atom. The Morgan fingerprint density at radius 2 is 1.55 bits per heavy atom. The molecule has 2 aliphatic rings. The predicted molar refractivity (Wildman–Crippen MR) is 109 cm³/mol. The van der Waals surface area contributed by atoms with Crippen LogP contribution in [0.15, 0.2) is 24.3 Å². The summed E-state index contributed by atoms with van der Waals surface area (Å²) in [6, 6.07) is 6.80. The first kappa shape index (κ1) is 21.8. The Balaban J connectivity index is 1.41. The van der Waals surface area contributed by atoms with Gasteiger partial charge in [-0.2, -0.15) is 17.0 Å². The number of nitrogens with zero attached hydrogens (tertiary/aromatic N) is 3. The van der Waals surface area contributed by atoms with Crippen LogP contribution in [0.5, 0.6) is 0 Å². The van der Waals surface area contributed by atoms with Gasteiger partial charge in [-0.1, -0.05) is 0 Å². The summed E-state index contributed by atoms with van der Waals surface area (Å²) in [6.45, 7) is 5.79. The van der Waals surface area contributed by atoms with Crippen molar-refractivity contribution in [3.05, 3.63) is 29.8 Å². The van der Waals surface area contributed by atoms with E-state index in [-0.39, 0.29) is 11.7 Å². The van der Waals surface area contributed by atoms with E-state index in [9.17, 15) is 18.0 Å². The second-order valence-corrected chi connectivity index (χ2v) is 9.12. The average molecular weight is 425 g/mol. The zero-order valence-corrected chi connectivity index (χ0v) is 17.5. The Morgan fingerprint density at radius 3 is 2.14 bits per heavy atom. The van der Waals surface area contributed by atoms with Gasteiger partial charge in [-0.05, 0) is 31.2 Å². The van der Waals surface area contributed by atoms with Crippen molar-refractivity contribution in [1.29, 1.82) is 0 Å². The molecule has 2 heterocycles. The summed E-state index contributed by atoms with van der Waals surface area (Å²) < 4.78 is 33.6. The van der Waals surface area contributed by atoms with Gasteiger partial charge in [-0.25, -0.2) is 0 Å². The lowest BCUT2D eigenvalue weighted by Crippen LogP contribution is -2.55. The molecule has 1 aromatic rings. The smallest absolute Gasteiger partial charge is 0.282 e. The van der Waals surface area contributed by atoms with Crippen molar-refractivity contribution in [2.45, 2.75) is 13.3 Å². The van der Waals surface area contributed by atoms with Crippen LogP contribution in [0, 0.1) is 0 Å². The van der Waals surface area contributed by atoms with Crippen LogP contribution >= 0.6 is 0 Å². The minimum Gasteiger partial charge on any atom is -0.379 e. The summed E-state index contributed by atoms with van der Waals surface area (Å²) in [5, 5.41) is 2.82. The number of amides is 1.